The van der Waals surface area contributed by atoms with Gasteiger partial charge in [0.15, 0.2) is 0 Å². The van der Waals surface area contributed by atoms with Crippen LogP contribution >= 0.6 is 0 Å². The molecule has 0 amide bonds. The van der Waals surface area contributed by atoms with Crippen molar-refractivity contribution >= 4 is 5.69 Å². The van der Waals surface area contributed by atoms with Gasteiger partial charge in [-0.2, -0.15) is 0 Å². The first-order chi connectivity index (χ1) is 14.5. The molecular weight excluding hydrogens is 376 g/mol. The topological polar surface area (TPSA) is 45.2 Å². The van der Waals surface area contributed by atoms with Gasteiger partial charge >= 0.3 is 0 Å². The fourth-order valence-electron chi connectivity index (χ4n) is 3.99. The number of methoxy groups -OCH3 is 1. The van der Waals surface area contributed by atoms with Crippen LogP contribution in [0, 0.1) is 6.92 Å². The van der Waals surface area contributed by atoms with Gasteiger partial charge in [0.05, 0.1) is 19.4 Å². The Hall–Kier alpha value is -2.40. The number of phenolic OH excluding ortho intramolecular Hbond substituents is 1. The summed E-state index contributed by atoms with van der Waals surface area (Å²) >= 11 is 0. The summed E-state index contributed by atoms with van der Waals surface area (Å²) in [6.07, 6.45) is 2.16. The molecule has 0 radical (unpaired) electrons. The van der Waals surface area contributed by atoms with Gasteiger partial charge in [-0.05, 0) is 62.1 Å². The van der Waals surface area contributed by atoms with E-state index in [0.29, 0.717) is 18.3 Å². The van der Waals surface area contributed by atoms with Crippen LogP contribution in [-0.2, 0) is 0 Å². The molecule has 1 heterocycles. The monoisotopic (exact) mass is 412 g/mol. The second kappa shape index (κ2) is 10.6. The lowest BCUT2D eigenvalue weighted by atomic mass is 10.00. The zero-order valence-corrected chi connectivity index (χ0v) is 18.9. The molecule has 0 aromatic heterocycles. The second-order valence-corrected chi connectivity index (χ2v) is 8.39. The summed E-state index contributed by atoms with van der Waals surface area (Å²) in [6, 6.07) is 12.1. The molecule has 5 heteroatoms. The number of nitrogens with zero attached hydrogens (tertiary/aromatic N) is 2. The number of piperazine rings is 1. The highest BCUT2D eigenvalue weighted by Gasteiger charge is 2.19. The van der Waals surface area contributed by atoms with Crippen LogP contribution in [0.15, 0.2) is 36.4 Å². The molecule has 1 fully saturated rings. The highest BCUT2D eigenvalue weighted by Crippen LogP contribution is 2.33. The minimum atomic E-state index is 0.325. The maximum absolute atomic E-state index is 9.98. The number of ether oxygens (including phenoxy) is 2. The standard InChI is InChI=1S/C25H36N2O3/c1-19(2)21-18-23(28)20(3)17-25(21)30-16-8-7-11-26-12-14-27(15-13-26)22-9-5-6-10-24(22)29-4/h5-6,9-10,17-19,28H,7-8,11-16H2,1-4H3. The van der Waals surface area contributed by atoms with Crippen molar-refractivity contribution in [3.05, 3.63) is 47.5 Å². The molecule has 164 valence electrons. The predicted molar refractivity (Wildman–Crippen MR) is 123 cm³/mol. The lowest BCUT2D eigenvalue weighted by Crippen LogP contribution is -2.46. The van der Waals surface area contributed by atoms with Crippen LogP contribution in [0.2, 0.25) is 0 Å². The lowest BCUT2D eigenvalue weighted by Gasteiger charge is -2.36. The number of hydrogen-bond donors (Lipinski definition) is 1. The molecule has 1 aliphatic heterocycles. The van der Waals surface area contributed by atoms with E-state index in [-0.39, 0.29) is 0 Å². The average Bonchev–Trinajstić information content (AvgIpc) is 2.76. The third-order valence-corrected chi connectivity index (χ3v) is 5.87. The molecule has 1 N–H and O–H groups in total. The number of benzene rings is 2. The number of anilines is 1. The molecule has 1 aliphatic rings. The molecule has 0 aliphatic carbocycles. The largest absolute Gasteiger partial charge is 0.508 e. The highest BCUT2D eigenvalue weighted by atomic mass is 16.5. The first-order valence-electron chi connectivity index (χ1n) is 11.1. The van der Waals surface area contributed by atoms with E-state index in [0.717, 1.165) is 68.2 Å². The Labute approximate surface area is 181 Å². The first kappa shape index (κ1) is 22.3. The number of aromatic hydroxyl groups is 1. The fourth-order valence-corrected chi connectivity index (χ4v) is 3.99. The molecule has 0 atom stereocenters. The molecule has 0 unspecified atom stereocenters. The van der Waals surface area contributed by atoms with Gasteiger partial charge in [0.25, 0.3) is 0 Å². The summed E-state index contributed by atoms with van der Waals surface area (Å²) < 4.78 is 11.6. The number of unbranched alkanes of at least 4 members (excludes halogenated alkanes) is 1. The van der Waals surface area contributed by atoms with E-state index in [4.69, 9.17) is 9.47 Å². The van der Waals surface area contributed by atoms with Crippen molar-refractivity contribution in [2.45, 2.75) is 39.5 Å². The fraction of sp³-hybridized carbons (Fsp3) is 0.520. The van der Waals surface area contributed by atoms with E-state index in [1.165, 1.54) is 5.69 Å². The summed E-state index contributed by atoms with van der Waals surface area (Å²) in [4.78, 5) is 4.95. The van der Waals surface area contributed by atoms with Crippen LogP contribution in [-0.4, -0.2) is 56.4 Å². The molecular formula is C25H36N2O3. The van der Waals surface area contributed by atoms with Crippen molar-refractivity contribution < 1.29 is 14.6 Å². The summed E-state index contributed by atoms with van der Waals surface area (Å²) in [5.41, 5.74) is 3.13. The van der Waals surface area contributed by atoms with E-state index in [1.54, 1.807) is 7.11 Å². The van der Waals surface area contributed by atoms with Crippen LogP contribution in [0.25, 0.3) is 0 Å². The Morgan fingerprint density at radius 3 is 2.43 bits per heavy atom. The van der Waals surface area contributed by atoms with Gasteiger partial charge in [0, 0.05) is 31.7 Å². The van der Waals surface area contributed by atoms with Crippen LogP contribution in [0.3, 0.4) is 0 Å². The number of phenols is 1. The van der Waals surface area contributed by atoms with Crippen LogP contribution in [0.5, 0.6) is 17.2 Å². The third-order valence-electron chi connectivity index (χ3n) is 5.87. The smallest absolute Gasteiger partial charge is 0.142 e. The van der Waals surface area contributed by atoms with E-state index in [1.807, 2.05) is 31.2 Å². The lowest BCUT2D eigenvalue weighted by molar-refractivity contribution is 0.237. The first-order valence-corrected chi connectivity index (χ1v) is 11.1. The quantitative estimate of drug-likeness (QED) is 0.599. The predicted octanol–water partition coefficient (Wildman–Crippen LogP) is 4.81. The van der Waals surface area contributed by atoms with Gasteiger partial charge in [0.1, 0.15) is 17.2 Å². The Kier molecular flexibility index (Phi) is 7.86. The molecule has 2 aromatic carbocycles. The SMILES string of the molecule is COc1ccccc1N1CCN(CCCCOc2cc(C)c(O)cc2C(C)C)CC1. The van der Waals surface area contributed by atoms with Crippen molar-refractivity contribution in [2.75, 3.05) is 51.3 Å². The van der Waals surface area contributed by atoms with Crippen molar-refractivity contribution in [1.82, 2.24) is 4.90 Å². The minimum absolute atomic E-state index is 0.325. The normalized spacial score (nSPS) is 14.9. The summed E-state index contributed by atoms with van der Waals surface area (Å²) in [5, 5.41) is 9.98. The van der Waals surface area contributed by atoms with Gasteiger partial charge in [-0.1, -0.05) is 26.0 Å². The van der Waals surface area contributed by atoms with Gasteiger partial charge < -0.3 is 19.5 Å². The molecule has 30 heavy (non-hydrogen) atoms. The Balaban J connectivity index is 1.40. The minimum Gasteiger partial charge on any atom is -0.508 e. The van der Waals surface area contributed by atoms with Crippen LogP contribution < -0.4 is 14.4 Å². The maximum atomic E-state index is 9.98. The molecule has 1 saturated heterocycles. The van der Waals surface area contributed by atoms with E-state index in [2.05, 4.69) is 35.8 Å². The van der Waals surface area contributed by atoms with Gasteiger partial charge in [-0.25, -0.2) is 0 Å². The number of aryl methyl sites for hydroxylation is 1. The highest BCUT2D eigenvalue weighted by molar-refractivity contribution is 5.58. The van der Waals surface area contributed by atoms with Gasteiger partial charge in [0.2, 0.25) is 0 Å². The molecule has 0 spiro atoms. The summed E-state index contributed by atoms with van der Waals surface area (Å²) in [7, 11) is 1.74. The third kappa shape index (κ3) is 5.60. The van der Waals surface area contributed by atoms with Crippen molar-refractivity contribution in [2.24, 2.45) is 0 Å². The molecule has 2 aromatic rings. The molecule has 0 saturated carbocycles. The number of para-hydroxylation sites is 2. The Morgan fingerprint density at radius 1 is 1.00 bits per heavy atom. The average molecular weight is 413 g/mol. The van der Waals surface area contributed by atoms with Crippen molar-refractivity contribution in [3.8, 4) is 17.2 Å². The Morgan fingerprint density at radius 2 is 1.73 bits per heavy atom. The van der Waals surface area contributed by atoms with E-state index < -0.39 is 0 Å². The second-order valence-electron chi connectivity index (χ2n) is 8.39. The van der Waals surface area contributed by atoms with Crippen molar-refractivity contribution in [1.29, 1.82) is 0 Å². The van der Waals surface area contributed by atoms with E-state index in [9.17, 15) is 5.11 Å². The number of rotatable bonds is 9. The van der Waals surface area contributed by atoms with Crippen LogP contribution in [0.1, 0.15) is 43.7 Å². The Bertz CT molecular complexity index is 814. The summed E-state index contributed by atoms with van der Waals surface area (Å²) in [5.74, 6) is 2.53. The van der Waals surface area contributed by atoms with Crippen LogP contribution in [0.4, 0.5) is 5.69 Å². The van der Waals surface area contributed by atoms with Crippen molar-refractivity contribution in [3.63, 3.8) is 0 Å². The van der Waals surface area contributed by atoms with Gasteiger partial charge in [-0.3, -0.25) is 4.90 Å². The van der Waals surface area contributed by atoms with Gasteiger partial charge in [-0.15, -0.1) is 0 Å². The number of hydrogen-bond acceptors (Lipinski definition) is 5. The van der Waals surface area contributed by atoms with E-state index >= 15 is 0 Å². The zero-order valence-electron chi connectivity index (χ0n) is 18.9. The maximum Gasteiger partial charge on any atom is 0.142 e. The molecule has 5 nitrogen and oxygen atoms in total. The molecule has 3 rings (SSSR count). The molecule has 0 bridgehead atoms. The zero-order chi connectivity index (χ0) is 21.5. The summed E-state index contributed by atoms with van der Waals surface area (Å²) in [6.45, 7) is 12.2.